The number of oxime groups is 1. The summed E-state index contributed by atoms with van der Waals surface area (Å²) in [6.45, 7) is 7.05. The van der Waals surface area contributed by atoms with Crippen LogP contribution >= 0.6 is 0 Å². The molecule has 2 atom stereocenters. The van der Waals surface area contributed by atoms with Crippen molar-refractivity contribution >= 4 is 5.84 Å². The molecule has 0 aromatic heterocycles. The molecule has 0 aliphatic rings. The fourth-order valence-corrected chi connectivity index (χ4v) is 1.19. The zero-order chi connectivity index (χ0) is 11.0. The summed E-state index contributed by atoms with van der Waals surface area (Å²) in [4.78, 5) is 0. The summed E-state index contributed by atoms with van der Waals surface area (Å²) in [6, 6.07) is 0.504. The molecule has 0 bridgehead atoms. The first-order valence-electron chi connectivity index (χ1n) is 5.32. The summed E-state index contributed by atoms with van der Waals surface area (Å²) < 4.78 is 0. The number of amidine groups is 1. The lowest BCUT2D eigenvalue weighted by Crippen LogP contribution is -2.35. The number of hydrogen-bond donors (Lipinski definition) is 3. The monoisotopic (exact) mass is 201 g/mol. The van der Waals surface area contributed by atoms with Crippen LogP contribution in [0, 0.1) is 5.92 Å². The number of rotatable bonds is 7. The smallest absolute Gasteiger partial charge is 0.143 e. The highest BCUT2D eigenvalue weighted by atomic mass is 16.4. The fraction of sp³-hybridized carbons (Fsp3) is 0.900. The Morgan fingerprint density at radius 3 is 2.64 bits per heavy atom. The Kier molecular flexibility index (Phi) is 7.20. The van der Waals surface area contributed by atoms with Crippen molar-refractivity contribution in [3.63, 3.8) is 0 Å². The molecule has 0 saturated carbocycles. The van der Waals surface area contributed by atoms with Crippen LogP contribution in [0.4, 0.5) is 0 Å². The molecule has 0 aromatic carbocycles. The first-order chi connectivity index (χ1) is 6.61. The average molecular weight is 201 g/mol. The molecule has 2 unspecified atom stereocenters. The zero-order valence-corrected chi connectivity index (χ0v) is 9.45. The summed E-state index contributed by atoms with van der Waals surface area (Å²) >= 11 is 0. The molecule has 0 aromatic rings. The highest BCUT2D eigenvalue weighted by Crippen LogP contribution is 2.00. The van der Waals surface area contributed by atoms with E-state index in [4.69, 9.17) is 10.9 Å². The standard InChI is InChI=1S/C10H23N3O/c1-4-5-6-9(3)12-7-8(2)10(11)13-14/h8-9,12,14H,4-7H2,1-3H3,(H2,11,13). The molecule has 84 valence electrons. The summed E-state index contributed by atoms with van der Waals surface area (Å²) in [5, 5.41) is 14.8. The Hall–Kier alpha value is -0.770. The maximum atomic E-state index is 8.45. The van der Waals surface area contributed by atoms with Crippen molar-refractivity contribution in [1.29, 1.82) is 0 Å². The van der Waals surface area contributed by atoms with Crippen LogP contribution in [-0.4, -0.2) is 23.6 Å². The number of nitrogens with two attached hydrogens (primary N) is 1. The van der Waals surface area contributed by atoms with E-state index in [1.54, 1.807) is 0 Å². The van der Waals surface area contributed by atoms with Crippen molar-refractivity contribution in [1.82, 2.24) is 5.32 Å². The fourth-order valence-electron chi connectivity index (χ4n) is 1.19. The molecular weight excluding hydrogens is 178 g/mol. The first-order valence-corrected chi connectivity index (χ1v) is 5.32. The molecule has 0 spiro atoms. The average Bonchev–Trinajstić information content (AvgIpc) is 2.21. The van der Waals surface area contributed by atoms with Gasteiger partial charge in [-0.1, -0.05) is 31.8 Å². The van der Waals surface area contributed by atoms with Crippen molar-refractivity contribution in [3.8, 4) is 0 Å². The predicted molar refractivity (Wildman–Crippen MR) is 59.6 cm³/mol. The quantitative estimate of drug-likeness (QED) is 0.253. The van der Waals surface area contributed by atoms with Crippen LogP contribution in [0.2, 0.25) is 0 Å². The van der Waals surface area contributed by atoms with Gasteiger partial charge in [-0.3, -0.25) is 0 Å². The Labute approximate surface area is 86.6 Å². The minimum Gasteiger partial charge on any atom is -0.409 e. The van der Waals surface area contributed by atoms with E-state index in [1.165, 1.54) is 19.3 Å². The minimum atomic E-state index is 0.0871. The van der Waals surface area contributed by atoms with E-state index in [-0.39, 0.29) is 5.92 Å². The Morgan fingerprint density at radius 1 is 1.50 bits per heavy atom. The van der Waals surface area contributed by atoms with Crippen LogP contribution in [0.25, 0.3) is 0 Å². The molecule has 0 radical (unpaired) electrons. The topological polar surface area (TPSA) is 70.6 Å². The molecule has 4 N–H and O–H groups in total. The Bertz CT molecular complexity index is 171. The normalized spacial score (nSPS) is 16.6. The Balaban J connectivity index is 3.60. The summed E-state index contributed by atoms with van der Waals surface area (Å²) in [5.41, 5.74) is 5.46. The van der Waals surface area contributed by atoms with Crippen LogP contribution in [-0.2, 0) is 0 Å². The molecule has 0 aliphatic carbocycles. The lowest BCUT2D eigenvalue weighted by Gasteiger charge is -2.16. The second-order valence-corrected chi connectivity index (χ2v) is 3.88. The van der Waals surface area contributed by atoms with E-state index < -0.39 is 0 Å². The maximum Gasteiger partial charge on any atom is 0.143 e. The van der Waals surface area contributed by atoms with E-state index >= 15 is 0 Å². The van der Waals surface area contributed by atoms with Gasteiger partial charge < -0.3 is 16.3 Å². The molecule has 14 heavy (non-hydrogen) atoms. The first kappa shape index (κ1) is 13.2. The van der Waals surface area contributed by atoms with Gasteiger partial charge in [-0.15, -0.1) is 0 Å². The van der Waals surface area contributed by atoms with Crippen molar-refractivity contribution < 1.29 is 5.21 Å². The number of unbranched alkanes of at least 4 members (excludes halogenated alkanes) is 1. The number of nitrogens with one attached hydrogen (secondary N) is 1. The van der Waals surface area contributed by atoms with Crippen molar-refractivity contribution in [2.75, 3.05) is 6.54 Å². The van der Waals surface area contributed by atoms with Gasteiger partial charge in [0.05, 0.1) is 0 Å². The third-order valence-electron chi connectivity index (χ3n) is 2.38. The van der Waals surface area contributed by atoms with Gasteiger partial charge in [-0.2, -0.15) is 0 Å². The Morgan fingerprint density at radius 2 is 2.14 bits per heavy atom. The highest BCUT2D eigenvalue weighted by Gasteiger charge is 2.08. The van der Waals surface area contributed by atoms with Crippen LogP contribution < -0.4 is 11.1 Å². The van der Waals surface area contributed by atoms with E-state index in [1.807, 2.05) is 6.92 Å². The van der Waals surface area contributed by atoms with Gasteiger partial charge in [0, 0.05) is 18.5 Å². The molecule has 4 nitrogen and oxygen atoms in total. The van der Waals surface area contributed by atoms with Gasteiger partial charge in [0.2, 0.25) is 0 Å². The summed E-state index contributed by atoms with van der Waals surface area (Å²) in [5.74, 6) is 0.379. The van der Waals surface area contributed by atoms with E-state index in [0.717, 1.165) is 6.54 Å². The third kappa shape index (κ3) is 5.80. The lowest BCUT2D eigenvalue weighted by atomic mass is 10.1. The van der Waals surface area contributed by atoms with Gasteiger partial charge in [0.1, 0.15) is 5.84 Å². The minimum absolute atomic E-state index is 0.0871. The second-order valence-electron chi connectivity index (χ2n) is 3.88. The van der Waals surface area contributed by atoms with Crippen molar-refractivity contribution in [2.45, 2.75) is 46.1 Å². The SMILES string of the molecule is CCCCC(C)NCC(C)C(N)=NO. The summed E-state index contributed by atoms with van der Waals surface area (Å²) in [7, 11) is 0. The van der Waals surface area contributed by atoms with Crippen LogP contribution in [0.5, 0.6) is 0 Å². The molecule has 0 saturated heterocycles. The molecular formula is C10H23N3O. The molecule has 0 aliphatic heterocycles. The van der Waals surface area contributed by atoms with Gasteiger partial charge in [-0.25, -0.2) is 0 Å². The number of nitrogens with zero attached hydrogens (tertiary/aromatic N) is 1. The van der Waals surface area contributed by atoms with E-state index in [9.17, 15) is 0 Å². The lowest BCUT2D eigenvalue weighted by molar-refractivity contribution is 0.313. The predicted octanol–water partition coefficient (Wildman–Crippen LogP) is 1.54. The number of hydrogen-bond acceptors (Lipinski definition) is 3. The second kappa shape index (κ2) is 7.62. The van der Waals surface area contributed by atoms with Crippen LogP contribution in [0.1, 0.15) is 40.0 Å². The molecule has 0 fully saturated rings. The van der Waals surface area contributed by atoms with Crippen LogP contribution in [0.3, 0.4) is 0 Å². The van der Waals surface area contributed by atoms with E-state index in [0.29, 0.717) is 11.9 Å². The van der Waals surface area contributed by atoms with Gasteiger partial charge in [0.25, 0.3) is 0 Å². The van der Waals surface area contributed by atoms with Crippen LogP contribution in [0.15, 0.2) is 5.16 Å². The van der Waals surface area contributed by atoms with Gasteiger partial charge in [-0.05, 0) is 13.3 Å². The van der Waals surface area contributed by atoms with E-state index in [2.05, 4.69) is 24.3 Å². The maximum absolute atomic E-state index is 8.45. The molecule has 4 heteroatoms. The molecule has 0 amide bonds. The largest absolute Gasteiger partial charge is 0.409 e. The molecule has 0 rings (SSSR count). The zero-order valence-electron chi connectivity index (χ0n) is 9.45. The van der Waals surface area contributed by atoms with Crippen molar-refractivity contribution in [3.05, 3.63) is 0 Å². The van der Waals surface area contributed by atoms with Gasteiger partial charge >= 0.3 is 0 Å². The highest BCUT2D eigenvalue weighted by molar-refractivity contribution is 5.82. The molecule has 0 heterocycles. The van der Waals surface area contributed by atoms with Crippen molar-refractivity contribution in [2.24, 2.45) is 16.8 Å². The van der Waals surface area contributed by atoms with Gasteiger partial charge in [0.15, 0.2) is 0 Å². The summed E-state index contributed by atoms with van der Waals surface area (Å²) in [6.07, 6.45) is 3.65. The third-order valence-corrected chi connectivity index (χ3v) is 2.38.